The monoisotopic (exact) mass is 365 g/mol. The summed E-state index contributed by atoms with van der Waals surface area (Å²) in [7, 11) is 0. The van der Waals surface area contributed by atoms with Crippen molar-refractivity contribution in [2.75, 3.05) is 23.3 Å². The molecule has 0 saturated carbocycles. The number of nitriles is 1. The molecule has 1 fully saturated rings. The number of hydrogen-bond donors (Lipinski definition) is 1. The first-order chi connectivity index (χ1) is 13.1. The Balaban J connectivity index is 1.56. The van der Waals surface area contributed by atoms with Gasteiger partial charge in [0, 0.05) is 24.5 Å². The first kappa shape index (κ1) is 17.2. The molecule has 1 aromatic heterocycles. The topological polar surface area (TPSA) is 64.8 Å². The highest BCUT2D eigenvalue weighted by Crippen LogP contribution is 2.27. The van der Waals surface area contributed by atoms with E-state index in [-0.39, 0.29) is 11.9 Å². The second kappa shape index (κ2) is 7.16. The van der Waals surface area contributed by atoms with Crippen molar-refractivity contribution >= 4 is 22.4 Å². The Kier molecular flexibility index (Phi) is 4.55. The molecule has 4 rings (SSSR count). The fraction of sp³-hybridized carbons (Fsp3) is 0.250. The Hall–Kier alpha value is -3.27. The lowest BCUT2D eigenvalue weighted by Crippen LogP contribution is -2.42. The second-order valence-corrected chi connectivity index (χ2v) is 6.59. The molecule has 0 radical (unpaired) electrons. The summed E-state index contributed by atoms with van der Waals surface area (Å²) in [6.45, 7) is 1.32. The van der Waals surface area contributed by atoms with Crippen LogP contribution in [0.15, 0.2) is 42.7 Å². The zero-order valence-electron chi connectivity index (χ0n) is 14.5. The van der Waals surface area contributed by atoms with E-state index in [9.17, 15) is 8.78 Å². The molecule has 0 spiro atoms. The van der Waals surface area contributed by atoms with E-state index >= 15 is 0 Å². The minimum atomic E-state index is -0.399. The van der Waals surface area contributed by atoms with Gasteiger partial charge >= 0.3 is 0 Å². The van der Waals surface area contributed by atoms with Gasteiger partial charge in [0.2, 0.25) is 0 Å². The quantitative estimate of drug-likeness (QED) is 0.764. The smallest absolute Gasteiger partial charge is 0.147 e. The number of nitrogens with zero attached hydrogens (tertiary/aromatic N) is 4. The van der Waals surface area contributed by atoms with E-state index in [0.29, 0.717) is 34.5 Å². The van der Waals surface area contributed by atoms with Crippen molar-refractivity contribution in [3.05, 3.63) is 59.9 Å². The van der Waals surface area contributed by atoms with Crippen molar-refractivity contribution in [3.8, 4) is 6.07 Å². The first-order valence-electron chi connectivity index (χ1n) is 8.75. The van der Waals surface area contributed by atoms with Gasteiger partial charge in [-0.25, -0.2) is 18.7 Å². The molecule has 0 aliphatic carbocycles. The van der Waals surface area contributed by atoms with Crippen molar-refractivity contribution < 1.29 is 8.78 Å². The predicted octanol–water partition coefficient (Wildman–Crippen LogP) is 3.86. The number of rotatable bonds is 3. The molecule has 0 bridgehead atoms. The van der Waals surface area contributed by atoms with Crippen LogP contribution < -0.4 is 10.2 Å². The molecule has 136 valence electrons. The number of hydrogen-bond acceptors (Lipinski definition) is 5. The van der Waals surface area contributed by atoms with Crippen LogP contribution in [-0.4, -0.2) is 29.1 Å². The minimum Gasteiger partial charge on any atom is -0.367 e. The highest BCUT2D eigenvalue weighted by atomic mass is 19.1. The Labute approximate surface area is 155 Å². The zero-order valence-corrected chi connectivity index (χ0v) is 14.5. The molecule has 1 aliphatic rings. The Morgan fingerprint density at radius 3 is 2.85 bits per heavy atom. The van der Waals surface area contributed by atoms with Gasteiger partial charge in [0.05, 0.1) is 22.8 Å². The highest BCUT2D eigenvalue weighted by molar-refractivity contribution is 5.88. The van der Waals surface area contributed by atoms with Gasteiger partial charge < -0.3 is 10.2 Å². The average molecular weight is 365 g/mol. The molecule has 3 aromatic rings. The molecule has 7 heteroatoms. The highest BCUT2D eigenvalue weighted by Gasteiger charge is 2.23. The molecule has 2 aromatic carbocycles. The largest absolute Gasteiger partial charge is 0.367 e. The molecular formula is C20H17F2N5. The van der Waals surface area contributed by atoms with Crippen LogP contribution in [0.1, 0.15) is 18.4 Å². The molecule has 5 nitrogen and oxygen atoms in total. The molecule has 1 atom stereocenters. The molecule has 1 N–H and O–H groups in total. The Bertz CT molecular complexity index is 1030. The lowest BCUT2D eigenvalue weighted by atomic mass is 10.0. The van der Waals surface area contributed by atoms with Crippen LogP contribution in [0.4, 0.5) is 20.3 Å². The van der Waals surface area contributed by atoms with E-state index in [4.69, 9.17) is 5.26 Å². The average Bonchev–Trinajstić information content (AvgIpc) is 2.68. The SMILES string of the molecule is N#Cc1ccc(N2CCCC(Nc3ncnc4ccc(F)cc34)C2)c(F)c1. The van der Waals surface area contributed by atoms with Gasteiger partial charge in [0.1, 0.15) is 23.8 Å². The molecule has 0 amide bonds. The van der Waals surface area contributed by atoms with Gasteiger partial charge in [-0.15, -0.1) is 0 Å². The molecule has 1 saturated heterocycles. The summed E-state index contributed by atoms with van der Waals surface area (Å²) in [5.41, 5.74) is 1.45. The number of fused-ring (bicyclic) bond motifs is 1. The third-order valence-corrected chi connectivity index (χ3v) is 4.78. The summed E-state index contributed by atoms with van der Waals surface area (Å²) in [5, 5.41) is 12.9. The van der Waals surface area contributed by atoms with Crippen LogP contribution in [-0.2, 0) is 0 Å². The van der Waals surface area contributed by atoms with Crippen molar-refractivity contribution in [1.29, 1.82) is 5.26 Å². The van der Waals surface area contributed by atoms with Crippen molar-refractivity contribution in [2.45, 2.75) is 18.9 Å². The van der Waals surface area contributed by atoms with Crippen molar-refractivity contribution in [2.24, 2.45) is 0 Å². The summed E-state index contributed by atoms with van der Waals surface area (Å²) in [5.74, 6) is -0.166. The standard InChI is InChI=1S/C20H17F2N5/c21-14-4-5-18-16(9-14)20(25-12-24-18)26-15-2-1-7-27(11-15)19-6-3-13(10-23)8-17(19)22/h3-6,8-9,12,15H,1-2,7,11H2,(H,24,25,26). The van der Waals surface area contributed by atoms with E-state index in [1.807, 2.05) is 11.0 Å². The van der Waals surface area contributed by atoms with E-state index in [0.717, 1.165) is 19.4 Å². The summed E-state index contributed by atoms with van der Waals surface area (Å²) in [6.07, 6.45) is 3.23. The number of benzene rings is 2. The van der Waals surface area contributed by atoms with Crippen LogP contribution in [0.25, 0.3) is 10.9 Å². The maximum absolute atomic E-state index is 14.4. The van der Waals surface area contributed by atoms with E-state index in [1.165, 1.54) is 24.5 Å². The van der Waals surface area contributed by atoms with Crippen LogP contribution in [0.2, 0.25) is 0 Å². The Morgan fingerprint density at radius 2 is 2.04 bits per heavy atom. The lowest BCUT2D eigenvalue weighted by Gasteiger charge is -2.35. The fourth-order valence-electron chi connectivity index (χ4n) is 3.48. The summed E-state index contributed by atoms with van der Waals surface area (Å²) in [4.78, 5) is 10.4. The number of halogens is 2. The van der Waals surface area contributed by atoms with E-state index in [2.05, 4.69) is 15.3 Å². The van der Waals surface area contributed by atoms with Crippen molar-refractivity contribution in [1.82, 2.24) is 9.97 Å². The number of piperidine rings is 1. The van der Waals surface area contributed by atoms with Gasteiger partial charge in [-0.2, -0.15) is 5.26 Å². The van der Waals surface area contributed by atoms with Crippen LogP contribution >= 0.6 is 0 Å². The molecular weight excluding hydrogens is 348 g/mol. The van der Waals surface area contributed by atoms with Gasteiger partial charge in [0.15, 0.2) is 0 Å². The zero-order chi connectivity index (χ0) is 18.8. The van der Waals surface area contributed by atoms with Crippen LogP contribution in [0, 0.1) is 23.0 Å². The van der Waals surface area contributed by atoms with E-state index < -0.39 is 5.82 Å². The third-order valence-electron chi connectivity index (χ3n) is 4.78. The predicted molar refractivity (Wildman–Crippen MR) is 99.5 cm³/mol. The summed E-state index contributed by atoms with van der Waals surface area (Å²) >= 11 is 0. The minimum absolute atomic E-state index is 0.0372. The molecule has 1 aliphatic heterocycles. The van der Waals surface area contributed by atoms with Crippen LogP contribution in [0.5, 0.6) is 0 Å². The molecule has 2 heterocycles. The summed E-state index contributed by atoms with van der Waals surface area (Å²) < 4.78 is 28.0. The number of aromatic nitrogens is 2. The van der Waals surface area contributed by atoms with Gasteiger partial charge in [0.25, 0.3) is 0 Å². The van der Waals surface area contributed by atoms with Crippen molar-refractivity contribution in [3.63, 3.8) is 0 Å². The van der Waals surface area contributed by atoms with Gasteiger partial charge in [-0.3, -0.25) is 0 Å². The second-order valence-electron chi connectivity index (χ2n) is 6.59. The van der Waals surface area contributed by atoms with Gasteiger partial charge in [-0.1, -0.05) is 0 Å². The number of nitrogens with one attached hydrogen (secondary N) is 1. The first-order valence-corrected chi connectivity index (χ1v) is 8.75. The maximum atomic E-state index is 14.4. The summed E-state index contributed by atoms with van der Waals surface area (Å²) in [6, 6.07) is 10.9. The molecule has 1 unspecified atom stereocenters. The number of anilines is 2. The Morgan fingerprint density at radius 1 is 1.15 bits per heavy atom. The van der Waals surface area contributed by atoms with Crippen LogP contribution in [0.3, 0.4) is 0 Å². The molecule has 27 heavy (non-hydrogen) atoms. The third kappa shape index (κ3) is 3.51. The van der Waals surface area contributed by atoms with E-state index in [1.54, 1.807) is 18.2 Å². The fourth-order valence-corrected chi connectivity index (χ4v) is 3.48. The van der Waals surface area contributed by atoms with Gasteiger partial charge in [-0.05, 0) is 49.2 Å². The lowest BCUT2D eigenvalue weighted by molar-refractivity contribution is 0.518. The maximum Gasteiger partial charge on any atom is 0.147 e. The normalized spacial score (nSPS) is 16.9.